The van der Waals surface area contributed by atoms with Gasteiger partial charge in [-0.3, -0.25) is 14.4 Å². The van der Waals surface area contributed by atoms with Crippen LogP contribution in [0.5, 0.6) is 0 Å². The maximum atomic E-state index is 15.3. The third-order valence-electron chi connectivity index (χ3n) is 17.6. The maximum absolute atomic E-state index is 15.3. The second-order valence-corrected chi connectivity index (χ2v) is 21.6. The largest absolute Gasteiger partial charge is 0.519 e. The van der Waals surface area contributed by atoms with Crippen LogP contribution < -0.4 is 5.82 Å². The number of ether oxygens (including phenoxy) is 4. The fraction of sp³-hybridized carbons (Fsp3) is 0.604. The first-order valence-corrected chi connectivity index (χ1v) is 23.3. The number of fused-ring (bicyclic) bond motifs is 7. The molecule has 1 aromatic heterocycles. The van der Waals surface area contributed by atoms with Crippen LogP contribution in [0.4, 0.5) is 0 Å². The van der Waals surface area contributed by atoms with Crippen molar-refractivity contribution in [2.24, 2.45) is 50.2 Å². The van der Waals surface area contributed by atoms with Crippen molar-refractivity contribution in [3.63, 3.8) is 0 Å². The molecule has 1 heterocycles. The third kappa shape index (κ3) is 7.32. The lowest BCUT2D eigenvalue weighted by atomic mass is 9.33. The van der Waals surface area contributed by atoms with Gasteiger partial charge in [-0.2, -0.15) is 0 Å². The van der Waals surface area contributed by atoms with Crippen LogP contribution in [0, 0.1) is 50.2 Å². The number of methoxy groups -OCH3 is 1. The lowest BCUT2D eigenvalue weighted by Crippen LogP contribution is -2.68. The van der Waals surface area contributed by atoms with Crippen LogP contribution in [0.25, 0.3) is 0 Å². The highest BCUT2D eigenvalue weighted by atomic mass is 16.6. The zero-order chi connectivity index (χ0) is 46.0. The minimum atomic E-state index is -1.35. The number of carbonyl (C=O) groups is 4. The number of hydrogen-bond acceptors (Lipinski definition) is 11. The Morgan fingerprint density at radius 2 is 1.42 bits per heavy atom. The van der Waals surface area contributed by atoms with Crippen LogP contribution in [-0.2, 0) is 44.7 Å². The molecule has 10 atom stereocenters. The molecule has 0 spiro atoms. The molecule has 5 aliphatic carbocycles. The van der Waals surface area contributed by atoms with E-state index >= 15 is 4.79 Å². The summed E-state index contributed by atoms with van der Waals surface area (Å²) in [6.07, 6.45) is 6.70. The smallest absolute Gasteiger partial charge is 0.459 e. The molecule has 3 aromatic rings. The van der Waals surface area contributed by atoms with Gasteiger partial charge in [0.1, 0.15) is 18.1 Å². The highest BCUT2D eigenvalue weighted by Crippen LogP contribution is 2.75. The number of esters is 3. The molecule has 344 valence electrons. The van der Waals surface area contributed by atoms with E-state index in [1.807, 2.05) is 87.5 Å². The summed E-state index contributed by atoms with van der Waals surface area (Å²) >= 11 is 0. The summed E-state index contributed by atoms with van der Waals surface area (Å²) in [5.74, 6) is -2.80. The molecule has 5 aliphatic rings. The van der Waals surface area contributed by atoms with E-state index in [9.17, 15) is 19.2 Å². The number of allylic oxidation sites excluding steroid dienone is 2. The fourth-order valence-corrected chi connectivity index (χ4v) is 13.8. The molecular weight excluding hydrogens is 813 g/mol. The Morgan fingerprint density at radius 1 is 0.781 bits per heavy atom. The second kappa shape index (κ2) is 16.6. The summed E-state index contributed by atoms with van der Waals surface area (Å²) in [7, 11) is 1.41. The second-order valence-electron chi connectivity index (χ2n) is 21.6. The molecule has 0 saturated heterocycles. The molecular formula is C53H66O11. The van der Waals surface area contributed by atoms with Gasteiger partial charge in [-0.05, 0) is 122 Å². The van der Waals surface area contributed by atoms with Crippen molar-refractivity contribution < 1.29 is 47.0 Å². The quantitative estimate of drug-likeness (QED) is 0.134. The van der Waals surface area contributed by atoms with Gasteiger partial charge < -0.3 is 27.8 Å². The molecule has 0 amide bonds. The van der Waals surface area contributed by atoms with E-state index in [1.165, 1.54) is 7.11 Å². The van der Waals surface area contributed by atoms with Crippen molar-refractivity contribution in [1.82, 2.24) is 0 Å². The Hall–Kier alpha value is -4.77. The maximum Gasteiger partial charge on any atom is 0.519 e. The Labute approximate surface area is 377 Å². The van der Waals surface area contributed by atoms with Gasteiger partial charge in [0, 0.05) is 18.9 Å². The van der Waals surface area contributed by atoms with Gasteiger partial charge in [0.15, 0.2) is 30.0 Å². The molecule has 0 bridgehead atoms. The third-order valence-corrected chi connectivity index (χ3v) is 17.6. The van der Waals surface area contributed by atoms with Crippen LogP contribution in [0.2, 0.25) is 0 Å². The molecule has 11 heteroatoms. The number of hydrogen-bond donors (Lipinski definition) is 0. The van der Waals surface area contributed by atoms with E-state index in [0.717, 1.165) is 36.0 Å². The van der Waals surface area contributed by atoms with Crippen LogP contribution in [0.3, 0.4) is 0 Å². The summed E-state index contributed by atoms with van der Waals surface area (Å²) in [5.41, 5.74) is -0.746. The van der Waals surface area contributed by atoms with Crippen LogP contribution >= 0.6 is 0 Å². The van der Waals surface area contributed by atoms with E-state index < -0.39 is 63.5 Å². The molecule has 0 unspecified atom stereocenters. The Balaban J connectivity index is 1.11. The highest BCUT2D eigenvalue weighted by molar-refractivity contribution is 5.96. The summed E-state index contributed by atoms with van der Waals surface area (Å²) < 4.78 is 34.3. The zero-order valence-electron chi connectivity index (χ0n) is 39.1. The number of ketones is 1. The predicted octanol–water partition coefficient (Wildman–Crippen LogP) is 10.3. The first kappa shape index (κ1) is 45.8. The van der Waals surface area contributed by atoms with Gasteiger partial charge in [0.05, 0.1) is 5.41 Å². The fourth-order valence-electron chi connectivity index (χ4n) is 13.8. The summed E-state index contributed by atoms with van der Waals surface area (Å²) in [6, 6.07) is 19.8. The Kier molecular flexibility index (Phi) is 11.9. The monoisotopic (exact) mass is 878 g/mol. The molecule has 8 rings (SSSR count). The zero-order valence-corrected chi connectivity index (χ0v) is 39.1. The summed E-state index contributed by atoms with van der Waals surface area (Å²) in [4.78, 5) is 69.9. The number of rotatable bonds is 11. The molecule has 11 nitrogen and oxygen atoms in total. The minimum absolute atomic E-state index is 0.00779. The first-order valence-electron chi connectivity index (χ1n) is 23.3. The van der Waals surface area contributed by atoms with Crippen molar-refractivity contribution in [2.45, 2.75) is 138 Å². The SMILES string of the molecule is COCC(=O)O[C@H]1CC[C@@]2(C)[C@@H](CC[C@@]3(C)[C@@H]2C(=O)C=C2[C@@H]4C[C@@](C)(C(=O)OC(c5ccccc5)c5ccccc5)CC[C@]4(C)CC[C@]23C)[C@]1(C)C(=O)OCc1oc(=O)oc1C(C)C. The van der Waals surface area contributed by atoms with E-state index in [0.29, 0.717) is 44.3 Å². The van der Waals surface area contributed by atoms with E-state index in [-0.39, 0.29) is 53.4 Å². The number of benzene rings is 2. The molecule has 4 fully saturated rings. The average Bonchev–Trinajstić information content (AvgIpc) is 3.65. The van der Waals surface area contributed by atoms with Crippen molar-refractivity contribution in [2.75, 3.05) is 13.7 Å². The predicted molar refractivity (Wildman–Crippen MR) is 237 cm³/mol. The van der Waals surface area contributed by atoms with Crippen molar-refractivity contribution in [3.8, 4) is 0 Å². The van der Waals surface area contributed by atoms with Gasteiger partial charge in [-0.15, -0.1) is 0 Å². The van der Waals surface area contributed by atoms with Crippen LogP contribution in [-0.4, -0.2) is 43.5 Å². The molecule has 0 aliphatic heterocycles. The molecule has 0 N–H and O–H groups in total. The highest BCUT2D eigenvalue weighted by Gasteiger charge is 2.72. The van der Waals surface area contributed by atoms with Crippen LogP contribution in [0.15, 0.2) is 85.9 Å². The van der Waals surface area contributed by atoms with E-state index in [4.69, 9.17) is 27.8 Å². The van der Waals surface area contributed by atoms with Crippen molar-refractivity contribution in [3.05, 3.63) is 106 Å². The Bertz CT molecular complexity index is 2320. The minimum Gasteiger partial charge on any atom is -0.459 e. The lowest BCUT2D eigenvalue weighted by Gasteiger charge is -2.70. The molecule has 0 radical (unpaired) electrons. The van der Waals surface area contributed by atoms with Gasteiger partial charge in [-0.25, -0.2) is 9.59 Å². The van der Waals surface area contributed by atoms with Gasteiger partial charge >= 0.3 is 23.7 Å². The van der Waals surface area contributed by atoms with E-state index in [1.54, 1.807) is 0 Å². The molecule has 64 heavy (non-hydrogen) atoms. The average molecular weight is 879 g/mol. The van der Waals surface area contributed by atoms with Gasteiger partial charge in [0.25, 0.3) is 0 Å². The molecule has 4 saturated carbocycles. The summed E-state index contributed by atoms with van der Waals surface area (Å²) in [6.45, 7) is 16.1. The first-order chi connectivity index (χ1) is 30.2. The van der Waals surface area contributed by atoms with Crippen molar-refractivity contribution in [1.29, 1.82) is 0 Å². The van der Waals surface area contributed by atoms with Crippen LogP contribution in [0.1, 0.15) is 148 Å². The lowest BCUT2D eigenvalue weighted by molar-refractivity contribution is -0.225. The van der Waals surface area contributed by atoms with Crippen molar-refractivity contribution >= 4 is 23.7 Å². The normalized spacial score (nSPS) is 35.6. The van der Waals surface area contributed by atoms with E-state index in [2.05, 4.69) is 34.6 Å². The Morgan fingerprint density at radius 3 is 2.05 bits per heavy atom. The standard InChI is InChI=1S/C53H66O11/c1-32(2)42-38(61-47(58)64-42)30-60-46(57)53(8)39-20-23-52(7)44(50(39,5)22-21-40(53)62-41(55)31-59-9)37(54)28-35-36-29-49(4,25-24-48(36,3)26-27-51(35,52)6)45(56)63-43(33-16-12-10-13-17-33)34-18-14-11-15-19-34/h10-19,28,32,36,39-40,43-44H,20-27,29-31H2,1-9H3/t36-,39+,40-,44+,48+,49-,50-,51+,52-,53-/m0/s1. The number of carbonyl (C=O) groups excluding carboxylic acids is 4. The van der Waals surface area contributed by atoms with Gasteiger partial charge in [0.2, 0.25) is 0 Å². The van der Waals surface area contributed by atoms with Gasteiger partial charge in [-0.1, -0.05) is 108 Å². The summed E-state index contributed by atoms with van der Waals surface area (Å²) in [5, 5.41) is 0. The molecule has 2 aromatic carbocycles. The topological polar surface area (TPSA) is 149 Å².